The first-order valence-corrected chi connectivity index (χ1v) is 11.2. The Morgan fingerprint density at radius 3 is 2.65 bits per heavy atom. The lowest BCUT2D eigenvalue weighted by molar-refractivity contribution is -0.137. The van der Waals surface area contributed by atoms with Crippen LogP contribution in [0.1, 0.15) is 65.7 Å². The minimum atomic E-state index is -4.52. The molecular weight excluding hydrogens is 429 g/mol. The summed E-state index contributed by atoms with van der Waals surface area (Å²) in [5.74, 6) is 0.881. The minimum absolute atomic E-state index is 0.0192. The van der Waals surface area contributed by atoms with Gasteiger partial charge < -0.3 is 10.6 Å². The molecule has 0 bridgehead atoms. The summed E-state index contributed by atoms with van der Waals surface area (Å²) in [6.07, 6.45) is 3.44. The van der Waals surface area contributed by atoms with Gasteiger partial charge in [0.15, 0.2) is 5.82 Å². The third-order valence-corrected chi connectivity index (χ3v) is 6.66. The number of fused-ring (bicyclic) bond motifs is 1. The number of nitrogens with zero attached hydrogens (tertiary/aromatic N) is 1. The first-order valence-electron chi connectivity index (χ1n) is 10.8. The molecule has 31 heavy (non-hydrogen) atoms. The van der Waals surface area contributed by atoms with E-state index >= 15 is 0 Å². The highest BCUT2D eigenvalue weighted by Crippen LogP contribution is 2.32. The molecule has 1 heterocycles. The van der Waals surface area contributed by atoms with Crippen molar-refractivity contribution in [3.63, 3.8) is 0 Å². The van der Waals surface area contributed by atoms with E-state index < -0.39 is 17.6 Å². The van der Waals surface area contributed by atoms with Crippen LogP contribution in [0.25, 0.3) is 0 Å². The highest BCUT2D eigenvalue weighted by molar-refractivity contribution is 6.33. The number of rotatable bonds is 5. The Labute approximate surface area is 184 Å². The molecule has 9 heteroatoms. The summed E-state index contributed by atoms with van der Waals surface area (Å²) in [5, 5.41) is 13.9. The average molecular weight is 455 g/mol. The maximum absolute atomic E-state index is 12.9. The summed E-state index contributed by atoms with van der Waals surface area (Å²) in [7, 11) is 0. The van der Waals surface area contributed by atoms with Gasteiger partial charge in [0.25, 0.3) is 5.91 Å². The second-order valence-electron chi connectivity index (χ2n) is 8.50. The van der Waals surface area contributed by atoms with Crippen LogP contribution in [0.15, 0.2) is 18.2 Å². The predicted octanol–water partition coefficient (Wildman–Crippen LogP) is 5.36. The highest BCUT2D eigenvalue weighted by Gasteiger charge is 2.32. The summed E-state index contributed by atoms with van der Waals surface area (Å²) in [5.41, 5.74) is 1.54. The van der Waals surface area contributed by atoms with Crippen molar-refractivity contribution in [2.24, 2.45) is 5.92 Å². The van der Waals surface area contributed by atoms with Crippen molar-refractivity contribution in [2.75, 3.05) is 11.9 Å². The number of aromatic amines is 1. The van der Waals surface area contributed by atoms with Crippen LogP contribution in [0.5, 0.6) is 0 Å². The molecule has 1 aromatic carbocycles. The topological polar surface area (TPSA) is 69.8 Å². The van der Waals surface area contributed by atoms with E-state index in [2.05, 4.69) is 20.8 Å². The van der Waals surface area contributed by atoms with Crippen LogP contribution < -0.4 is 10.6 Å². The lowest BCUT2D eigenvalue weighted by atomic mass is 9.85. The number of hydrogen-bond donors (Lipinski definition) is 3. The molecule has 2 aliphatic rings. The predicted molar refractivity (Wildman–Crippen MR) is 113 cm³/mol. The van der Waals surface area contributed by atoms with E-state index in [0.29, 0.717) is 5.92 Å². The zero-order chi connectivity index (χ0) is 22.0. The van der Waals surface area contributed by atoms with Gasteiger partial charge in [-0.1, -0.05) is 11.6 Å². The van der Waals surface area contributed by atoms with Crippen LogP contribution in [0, 0.1) is 5.92 Å². The number of carbonyl (C=O) groups is 1. The van der Waals surface area contributed by atoms with Gasteiger partial charge in [-0.15, -0.1) is 0 Å². The zero-order valence-corrected chi connectivity index (χ0v) is 17.9. The Morgan fingerprint density at radius 2 is 1.90 bits per heavy atom. The molecule has 3 N–H and O–H groups in total. The van der Waals surface area contributed by atoms with Gasteiger partial charge in [-0.2, -0.15) is 18.3 Å². The molecule has 4 rings (SSSR count). The number of aromatic nitrogens is 2. The molecule has 0 aliphatic heterocycles. The largest absolute Gasteiger partial charge is 0.416 e. The quantitative estimate of drug-likeness (QED) is 0.569. The molecule has 1 fully saturated rings. The molecule has 5 nitrogen and oxygen atoms in total. The number of halogens is 4. The van der Waals surface area contributed by atoms with E-state index in [0.717, 1.165) is 69.1 Å². The number of hydrogen-bond acceptors (Lipinski definition) is 3. The van der Waals surface area contributed by atoms with Gasteiger partial charge >= 0.3 is 6.18 Å². The van der Waals surface area contributed by atoms with Gasteiger partial charge in [0.05, 0.1) is 16.1 Å². The van der Waals surface area contributed by atoms with Crippen LogP contribution >= 0.6 is 11.6 Å². The number of nitrogens with one attached hydrogen (secondary N) is 3. The number of amides is 1. The minimum Gasteiger partial charge on any atom is -0.368 e. The molecule has 0 atom stereocenters. The Balaban J connectivity index is 1.28. The third-order valence-electron chi connectivity index (χ3n) is 6.33. The summed E-state index contributed by atoms with van der Waals surface area (Å²) in [4.78, 5) is 12.5. The molecule has 168 valence electrons. The maximum atomic E-state index is 12.9. The standard InChI is InChI=1S/C22H26ClF3N4O/c23-18-10-7-14(22(24,25)26)11-17(18)21(31)28-15-8-5-13(6-9-15)12-27-20-16-3-1-2-4-19(16)29-30-20/h7,10-11,13,15H,1-6,8-9,12H2,(H,28,31)(H2,27,29,30)/t13-,15-. The average Bonchev–Trinajstić information content (AvgIpc) is 3.16. The molecule has 0 radical (unpaired) electrons. The lowest BCUT2D eigenvalue weighted by Crippen LogP contribution is -2.38. The fourth-order valence-electron chi connectivity index (χ4n) is 4.52. The van der Waals surface area contributed by atoms with Crippen molar-refractivity contribution in [1.82, 2.24) is 15.5 Å². The van der Waals surface area contributed by atoms with Gasteiger partial charge in [-0.25, -0.2) is 0 Å². The molecule has 1 saturated carbocycles. The molecule has 0 unspecified atom stereocenters. The molecular formula is C22H26ClF3N4O. The Morgan fingerprint density at radius 1 is 1.16 bits per heavy atom. The van der Waals surface area contributed by atoms with Crippen molar-refractivity contribution in [3.8, 4) is 0 Å². The number of carbonyl (C=O) groups excluding carboxylic acids is 1. The Hall–Kier alpha value is -2.22. The summed E-state index contributed by atoms with van der Waals surface area (Å²) >= 11 is 5.98. The van der Waals surface area contributed by atoms with E-state index in [4.69, 9.17) is 11.6 Å². The number of benzene rings is 1. The number of anilines is 1. The van der Waals surface area contributed by atoms with Crippen LogP contribution in [0.4, 0.5) is 19.0 Å². The molecule has 1 aromatic heterocycles. The van der Waals surface area contributed by atoms with Crippen molar-refractivity contribution >= 4 is 23.3 Å². The molecule has 2 aliphatic carbocycles. The number of alkyl halides is 3. The fraction of sp³-hybridized carbons (Fsp3) is 0.545. The molecule has 0 saturated heterocycles. The van der Waals surface area contributed by atoms with E-state index in [1.54, 1.807) is 0 Å². The zero-order valence-electron chi connectivity index (χ0n) is 17.1. The first-order chi connectivity index (χ1) is 14.8. The molecule has 0 spiro atoms. The molecule has 1 amide bonds. The smallest absolute Gasteiger partial charge is 0.368 e. The van der Waals surface area contributed by atoms with E-state index in [1.165, 1.54) is 24.1 Å². The third kappa shape index (κ3) is 5.17. The van der Waals surface area contributed by atoms with Crippen molar-refractivity contribution < 1.29 is 18.0 Å². The van der Waals surface area contributed by atoms with Crippen LogP contribution in [0.2, 0.25) is 5.02 Å². The normalized spacial score (nSPS) is 21.4. The van der Waals surface area contributed by atoms with Gasteiger partial charge in [-0.05, 0) is 75.5 Å². The van der Waals surface area contributed by atoms with Crippen LogP contribution in [0.3, 0.4) is 0 Å². The van der Waals surface area contributed by atoms with Crippen LogP contribution in [-0.2, 0) is 19.0 Å². The summed E-state index contributed by atoms with van der Waals surface area (Å²) in [6.45, 7) is 0.831. The number of H-pyrrole nitrogens is 1. The Kier molecular flexibility index (Phi) is 6.46. The second-order valence-corrected chi connectivity index (χ2v) is 8.91. The van der Waals surface area contributed by atoms with Crippen molar-refractivity contribution in [3.05, 3.63) is 45.6 Å². The monoisotopic (exact) mass is 454 g/mol. The van der Waals surface area contributed by atoms with Gasteiger partial charge in [-0.3, -0.25) is 9.89 Å². The Bertz CT molecular complexity index is 935. The van der Waals surface area contributed by atoms with Crippen molar-refractivity contribution in [1.29, 1.82) is 0 Å². The van der Waals surface area contributed by atoms with Crippen LogP contribution in [-0.4, -0.2) is 28.7 Å². The van der Waals surface area contributed by atoms with E-state index in [1.807, 2.05) is 0 Å². The summed E-state index contributed by atoms with van der Waals surface area (Å²) < 4.78 is 38.8. The lowest BCUT2D eigenvalue weighted by Gasteiger charge is -2.29. The SMILES string of the molecule is O=C(N[C@H]1CC[C@H](CNc2n[nH]c3c2CCCC3)CC1)c1cc(C(F)(F)F)ccc1Cl. The number of aryl methyl sites for hydroxylation is 1. The summed E-state index contributed by atoms with van der Waals surface area (Å²) in [6, 6.07) is 2.76. The second kappa shape index (κ2) is 9.10. The first kappa shape index (κ1) is 22.0. The fourth-order valence-corrected chi connectivity index (χ4v) is 4.72. The van der Waals surface area contributed by atoms with Crippen molar-refractivity contribution in [2.45, 2.75) is 63.6 Å². The maximum Gasteiger partial charge on any atom is 0.416 e. The van der Waals surface area contributed by atoms with E-state index in [-0.39, 0.29) is 16.6 Å². The van der Waals surface area contributed by atoms with Gasteiger partial charge in [0.1, 0.15) is 0 Å². The van der Waals surface area contributed by atoms with E-state index in [9.17, 15) is 18.0 Å². The molecule has 2 aromatic rings. The van der Waals surface area contributed by atoms with Gasteiger partial charge in [0, 0.05) is 23.8 Å². The van der Waals surface area contributed by atoms with Gasteiger partial charge in [0.2, 0.25) is 0 Å². The highest BCUT2D eigenvalue weighted by atomic mass is 35.5.